The summed E-state index contributed by atoms with van der Waals surface area (Å²) in [6.45, 7) is 11.5. The van der Waals surface area contributed by atoms with E-state index in [1.165, 1.54) is 6.07 Å². The Kier molecular flexibility index (Phi) is 15.0. The van der Waals surface area contributed by atoms with Gasteiger partial charge in [-0.25, -0.2) is 9.37 Å². The Balaban J connectivity index is 0.702. The number of piperazine rings is 1. The normalized spacial score (nSPS) is 19.1. The number of hydrogen-bond donors (Lipinski definition) is 3. The zero-order valence-corrected chi connectivity index (χ0v) is 46.7. The lowest BCUT2D eigenvalue weighted by molar-refractivity contribution is -0.136. The van der Waals surface area contributed by atoms with Crippen LogP contribution in [0.3, 0.4) is 0 Å². The van der Waals surface area contributed by atoms with Gasteiger partial charge >= 0.3 is 0 Å². The number of aryl methyl sites for hydroxylation is 1. The third-order valence-electron chi connectivity index (χ3n) is 16.0. The molecule has 0 aliphatic carbocycles. The highest BCUT2D eigenvalue weighted by atomic mass is 79.9. The summed E-state index contributed by atoms with van der Waals surface area (Å²) in [5, 5.41) is 14.3. The number of hydrogen-bond acceptors (Lipinski definition) is 15. The van der Waals surface area contributed by atoms with E-state index in [2.05, 4.69) is 68.8 Å². The van der Waals surface area contributed by atoms with Crippen LogP contribution >= 0.6 is 23.1 Å². The maximum atomic E-state index is 15.6. The fourth-order valence-corrected chi connectivity index (χ4v) is 13.2. The van der Waals surface area contributed by atoms with Crippen LogP contribution in [0.1, 0.15) is 59.2 Å². The Hall–Kier alpha value is -6.99. The molecule has 0 radical (unpaired) electrons. The number of piperidine rings is 3. The molecule has 4 saturated heterocycles. The summed E-state index contributed by atoms with van der Waals surface area (Å²) in [6, 6.07) is 22.1. The molecule has 3 N–H and O–H groups in total. The third kappa shape index (κ3) is 10.9. The Morgan fingerprint density at radius 2 is 1.46 bits per heavy atom. The minimum absolute atomic E-state index is 0.0188. The van der Waals surface area contributed by atoms with E-state index in [4.69, 9.17) is 9.72 Å². The van der Waals surface area contributed by atoms with E-state index in [0.717, 1.165) is 116 Å². The first-order valence-electron chi connectivity index (χ1n) is 26.6. The van der Waals surface area contributed by atoms with Gasteiger partial charge in [0.2, 0.25) is 17.8 Å². The second kappa shape index (κ2) is 22.0. The van der Waals surface area contributed by atoms with Gasteiger partial charge in [0.15, 0.2) is 0 Å². The predicted molar refractivity (Wildman–Crippen MR) is 304 cm³/mol. The number of aromatic nitrogens is 4. The zero-order valence-electron chi connectivity index (χ0n) is 44.2. The van der Waals surface area contributed by atoms with E-state index >= 15 is 4.39 Å². The first kappa shape index (κ1) is 53.0. The number of fused-ring (bicyclic) bond motifs is 1. The number of anilines is 6. The zero-order chi connectivity index (χ0) is 54.4. The van der Waals surface area contributed by atoms with Crippen molar-refractivity contribution >= 4 is 86.5 Å². The van der Waals surface area contributed by atoms with Crippen molar-refractivity contribution in [3.8, 4) is 28.0 Å². The largest absolute Gasteiger partial charge is 0.494 e. The minimum atomic E-state index is -2.72. The number of nitrogens with one attached hydrogen (secondary N) is 3. The van der Waals surface area contributed by atoms with Crippen LogP contribution in [0.4, 0.5) is 38.9 Å². The molecule has 1 atom stereocenters. The number of rotatable bonds is 14. The van der Waals surface area contributed by atoms with Crippen LogP contribution in [-0.4, -0.2) is 150 Å². The number of carbonyl (C=O) groups is 4. The highest BCUT2D eigenvalue weighted by Crippen LogP contribution is 2.44. The molecule has 4 aromatic carbocycles. The summed E-state index contributed by atoms with van der Waals surface area (Å²) in [4.78, 5) is 71.0. The molecule has 11 rings (SSSR count). The molecule has 0 bridgehead atoms. The Bertz CT molecular complexity index is 3350. The molecule has 21 heteroatoms. The fraction of sp³-hybridized carbons (Fsp3) is 0.386. The van der Waals surface area contributed by atoms with Gasteiger partial charge in [-0.05, 0) is 109 Å². The highest BCUT2D eigenvalue weighted by Gasteiger charge is 2.45. The van der Waals surface area contributed by atoms with Crippen molar-refractivity contribution in [2.24, 2.45) is 13.0 Å². The van der Waals surface area contributed by atoms with Crippen molar-refractivity contribution in [2.45, 2.75) is 50.6 Å². The number of nitrogens with zero attached hydrogens (tertiary/aromatic N) is 9. The average Bonchev–Trinajstić information content (AvgIpc) is 4.16. The van der Waals surface area contributed by atoms with E-state index < -0.39 is 42.6 Å². The topological polar surface area (TPSA) is 190 Å². The minimum Gasteiger partial charge on any atom is -0.494 e. The maximum Gasteiger partial charge on any atom is 0.262 e. The van der Waals surface area contributed by atoms with Gasteiger partial charge in [0.25, 0.3) is 11.8 Å². The fourth-order valence-electron chi connectivity index (χ4n) is 11.8. The van der Waals surface area contributed by atoms with Crippen molar-refractivity contribution in [3.05, 3.63) is 113 Å². The Morgan fingerprint density at radius 1 is 0.756 bits per heavy atom. The summed E-state index contributed by atoms with van der Waals surface area (Å²) in [6.07, 6.45) is 9.44. The summed E-state index contributed by atoms with van der Waals surface area (Å²) in [5.41, 5.74) is 6.79. The van der Waals surface area contributed by atoms with E-state index in [0.29, 0.717) is 64.1 Å². The van der Waals surface area contributed by atoms with Crippen molar-refractivity contribution in [2.75, 3.05) is 99.8 Å². The monoisotopic (exact) mass is 1140 g/mol. The lowest BCUT2D eigenvalue weighted by Gasteiger charge is -2.44. The van der Waals surface area contributed by atoms with Crippen LogP contribution in [0.5, 0.6) is 5.75 Å². The van der Waals surface area contributed by atoms with E-state index in [1.54, 1.807) is 31.3 Å². The summed E-state index contributed by atoms with van der Waals surface area (Å²) >= 11 is 3.64. The first-order chi connectivity index (χ1) is 37.6. The first-order valence-corrected chi connectivity index (χ1v) is 30.0. The number of amides is 4. The molecule has 7 heterocycles. The number of imide groups is 2. The molecular formula is C57H63BrFN12O6P. The van der Waals surface area contributed by atoms with Crippen LogP contribution in [0, 0.1) is 11.7 Å². The van der Waals surface area contributed by atoms with Crippen LogP contribution in [-0.2, 0) is 21.2 Å². The Labute approximate surface area is 461 Å². The van der Waals surface area contributed by atoms with Crippen LogP contribution in [0.2, 0.25) is 0 Å². The molecule has 5 aliphatic heterocycles. The van der Waals surface area contributed by atoms with E-state index in [-0.39, 0.29) is 24.0 Å². The second-order valence-electron chi connectivity index (χ2n) is 21.3. The van der Waals surface area contributed by atoms with Crippen molar-refractivity contribution < 1.29 is 32.9 Å². The van der Waals surface area contributed by atoms with Crippen LogP contribution in [0.15, 0.2) is 95.9 Å². The summed E-state index contributed by atoms with van der Waals surface area (Å²) in [7, 11) is 0.862. The number of ether oxygens (including phenoxy) is 1. The standard InChI is InChI=1S/C57H63BrFN12O6P/c1-66-34-38(31-61-66)40-28-46(63-57-60-32-43(58)53(65-57)62-45-11-10-37(26-51(45)78(3,4)76)36-8-6-5-7-9-36)50(77-2)30-48(40)69-20-16-39(17-21-69)68-24-22-67(23-25-68)33-35-14-18-70(19-15-35)49-29-42-41(27-44(49)59)55(74)71(56(42)75)47-12-13-52(72)64-54(47)73/h5-11,26-32,34-35,39,47H,12-25,33H2,1-4H3,(H,64,72,73)(H2,60,62,63,65)/t47-/m1/s1. The SMILES string of the molecule is COc1cc(N2CCC(N3CCN(CC4CCN(c5cc6c(cc5F)C(=O)N([C@@H]5CCC(=O)NC5=O)C6=O)CC4)CC3)CC2)c(-c2cnn(C)c2)cc1Nc1ncc(Br)c(Nc2ccc(-c3ccccc3)cc2P(C)(C)=O)n1. The third-order valence-corrected chi connectivity index (χ3v) is 18.1. The lowest BCUT2D eigenvalue weighted by Crippen LogP contribution is -2.54. The van der Waals surface area contributed by atoms with E-state index in [9.17, 15) is 23.7 Å². The van der Waals surface area contributed by atoms with Crippen LogP contribution < -0.4 is 35.8 Å². The van der Waals surface area contributed by atoms with Gasteiger partial charge in [-0.2, -0.15) is 10.1 Å². The molecule has 0 spiro atoms. The predicted octanol–water partition coefficient (Wildman–Crippen LogP) is 8.09. The molecule has 406 valence electrons. The smallest absolute Gasteiger partial charge is 0.262 e. The molecule has 4 fully saturated rings. The van der Waals surface area contributed by atoms with Crippen LogP contribution in [0.25, 0.3) is 22.3 Å². The quantitative estimate of drug-likeness (QED) is 0.0700. The number of benzene rings is 4. The second-order valence-corrected chi connectivity index (χ2v) is 25.4. The summed E-state index contributed by atoms with van der Waals surface area (Å²) in [5.74, 6) is -1.10. The van der Waals surface area contributed by atoms with Crippen molar-refractivity contribution in [1.29, 1.82) is 0 Å². The maximum absolute atomic E-state index is 15.6. The van der Waals surface area contributed by atoms with E-state index in [1.807, 2.05) is 72.9 Å². The number of carbonyl (C=O) groups excluding carboxylic acids is 4. The molecule has 0 unspecified atom stereocenters. The average molecular weight is 1140 g/mol. The number of methoxy groups -OCH3 is 1. The van der Waals surface area contributed by atoms with Gasteiger partial charge in [0.05, 0.1) is 46.0 Å². The molecule has 78 heavy (non-hydrogen) atoms. The Morgan fingerprint density at radius 3 is 2.14 bits per heavy atom. The van der Waals surface area contributed by atoms with Crippen molar-refractivity contribution in [1.82, 2.24) is 39.8 Å². The van der Waals surface area contributed by atoms with Gasteiger partial charge in [0.1, 0.15) is 30.6 Å². The van der Waals surface area contributed by atoms with Crippen molar-refractivity contribution in [3.63, 3.8) is 0 Å². The highest BCUT2D eigenvalue weighted by molar-refractivity contribution is 9.10. The molecule has 6 aromatic rings. The molecule has 18 nitrogen and oxygen atoms in total. The lowest BCUT2D eigenvalue weighted by atomic mass is 9.94. The van der Waals surface area contributed by atoms with Gasteiger partial charge < -0.3 is 34.6 Å². The molecule has 4 amide bonds. The van der Waals surface area contributed by atoms with Gasteiger partial charge in [0, 0.05) is 119 Å². The van der Waals surface area contributed by atoms with Gasteiger partial charge in [-0.3, -0.25) is 39.0 Å². The molecule has 5 aliphatic rings. The van der Waals surface area contributed by atoms with Gasteiger partial charge in [-0.15, -0.1) is 0 Å². The molecule has 2 aromatic heterocycles. The number of halogens is 2. The molecular weight excluding hydrogens is 1080 g/mol. The van der Waals surface area contributed by atoms with Gasteiger partial charge in [-0.1, -0.05) is 36.4 Å². The summed E-state index contributed by atoms with van der Waals surface area (Å²) < 4.78 is 37.8. The molecule has 0 saturated carbocycles.